The van der Waals surface area contributed by atoms with Crippen LogP contribution in [0.5, 0.6) is 0 Å². The van der Waals surface area contributed by atoms with Crippen molar-refractivity contribution in [2.45, 2.75) is 148 Å². The number of aliphatic hydroxyl groups is 2. The van der Waals surface area contributed by atoms with Crippen molar-refractivity contribution in [3.8, 4) is 0 Å². The first kappa shape index (κ1) is 28.2. The van der Waals surface area contributed by atoms with Crippen LogP contribution in [0, 0.1) is 52.3 Å². The Morgan fingerprint density at radius 3 is 2.14 bits per heavy atom. The molecule has 5 aliphatic rings. The van der Waals surface area contributed by atoms with Gasteiger partial charge in [-0.3, -0.25) is 0 Å². The third-order valence-electron chi connectivity index (χ3n) is 13.7. The molecule has 0 bridgehead atoms. The van der Waals surface area contributed by atoms with Crippen LogP contribution in [0.15, 0.2) is 0 Å². The monoisotopic (exact) mass is 526 g/mol. The van der Waals surface area contributed by atoms with Gasteiger partial charge < -0.3 is 10.2 Å². The van der Waals surface area contributed by atoms with Crippen molar-refractivity contribution < 1.29 is 23.4 Å². The van der Waals surface area contributed by atoms with E-state index in [2.05, 4.69) is 27.7 Å². The minimum absolute atomic E-state index is 0.0156. The van der Waals surface area contributed by atoms with E-state index in [1.165, 1.54) is 38.5 Å². The molecule has 2 nitrogen and oxygen atoms in total. The van der Waals surface area contributed by atoms with E-state index in [0.29, 0.717) is 41.4 Å². The average molecular weight is 527 g/mol. The molecule has 5 fully saturated rings. The lowest BCUT2D eigenvalue weighted by Crippen LogP contribution is -2.59. The van der Waals surface area contributed by atoms with Crippen LogP contribution >= 0.6 is 0 Å². The fourth-order valence-corrected chi connectivity index (χ4v) is 11.0. The summed E-state index contributed by atoms with van der Waals surface area (Å²) < 4.78 is 41.0. The van der Waals surface area contributed by atoms with Gasteiger partial charge in [0.2, 0.25) is 0 Å². The Bertz CT molecular complexity index is 819. The van der Waals surface area contributed by atoms with E-state index < -0.39 is 17.4 Å². The van der Waals surface area contributed by atoms with Crippen LogP contribution in [-0.2, 0) is 0 Å². The van der Waals surface area contributed by atoms with Crippen LogP contribution in [0.2, 0.25) is 0 Å². The normalized spacial score (nSPS) is 51.2. The van der Waals surface area contributed by atoms with Gasteiger partial charge in [-0.15, -0.1) is 0 Å². The summed E-state index contributed by atoms with van der Waals surface area (Å²) in [5.41, 5.74) is -2.68. The zero-order chi connectivity index (χ0) is 26.9. The molecular formula is C32H53F3O2. The molecule has 0 aliphatic heterocycles. The molecule has 0 aromatic carbocycles. The summed E-state index contributed by atoms with van der Waals surface area (Å²) in [4.78, 5) is 0. The first-order valence-corrected chi connectivity index (χ1v) is 15.8. The van der Waals surface area contributed by atoms with Gasteiger partial charge in [-0.2, -0.15) is 13.2 Å². The zero-order valence-electron chi connectivity index (χ0n) is 23.9. The molecule has 0 spiro atoms. The number of rotatable bonds is 5. The van der Waals surface area contributed by atoms with Gasteiger partial charge in [0.15, 0.2) is 5.60 Å². The van der Waals surface area contributed by atoms with Gasteiger partial charge in [0.1, 0.15) is 0 Å². The lowest BCUT2D eigenvalue weighted by molar-refractivity contribution is -0.290. The van der Waals surface area contributed by atoms with Crippen LogP contribution in [0.4, 0.5) is 13.2 Å². The Hall–Kier alpha value is -0.290. The molecule has 0 aromatic rings. The summed E-state index contributed by atoms with van der Waals surface area (Å²) in [7, 11) is 0. The molecule has 0 radical (unpaired) electrons. The molecule has 0 heterocycles. The standard InChI is InChI=1S/C32H53F3O2/c1-5-22-11-16-30(36,17-12-22)15-10-21(2)25-8-9-26-24-7-6-23-20-31(37,32(33,34)35)19-18-28(23,3)27(24)13-14-29(25,26)4/h21-27,36-37H,5-20H2,1-4H3/t21-,22-,23+,24+,25-,26+,27+,28+,29-,30+,31+/m1/s1. The van der Waals surface area contributed by atoms with Crippen molar-refractivity contribution in [3.63, 3.8) is 0 Å². The number of halogens is 3. The summed E-state index contributed by atoms with van der Waals surface area (Å²) in [5.74, 6) is 3.91. The Morgan fingerprint density at radius 2 is 1.49 bits per heavy atom. The Morgan fingerprint density at radius 1 is 0.811 bits per heavy atom. The van der Waals surface area contributed by atoms with E-state index >= 15 is 0 Å². The predicted octanol–water partition coefficient (Wildman–Crippen LogP) is 8.69. The van der Waals surface area contributed by atoms with Crippen LogP contribution in [-0.4, -0.2) is 27.6 Å². The maximum atomic E-state index is 13.7. The smallest absolute Gasteiger partial charge is 0.390 e. The molecule has 5 rings (SSSR count). The number of hydrogen-bond acceptors (Lipinski definition) is 2. The Balaban J connectivity index is 1.24. The maximum absolute atomic E-state index is 13.7. The van der Waals surface area contributed by atoms with Crippen LogP contribution in [0.1, 0.15) is 130 Å². The van der Waals surface area contributed by atoms with Crippen molar-refractivity contribution in [1.29, 1.82) is 0 Å². The summed E-state index contributed by atoms with van der Waals surface area (Å²) in [6.07, 6.45) is 10.1. The largest absolute Gasteiger partial charge is 0.417 e. The van der Waals surface area contributed by atoms with E-state index in [0.717, 1.165) is 50.9 Å². The van der Waals surface area contributed by atoms with Gasteiger partial charge in [-0.1, -0.05) is 34.1 Å². The highest BCUT2D eigenvalue weighted by Gasteiger charge is 2.65. The van der Waals surface area contributed by atoms with E-state index in [9.17, 15) is 23.4 Å². The topological polar surface area (TPSA) is 40.5 Å². The van der Waals surface area contributed by atoms with Crippen molar-refractivity contribution >= 4 is 0 Å². The molecular weight excluding hydrogens is 473 g/mol. The van der Waals surface area contributed by atoms with E-state index in [-0.39, 0.29) is 24.2 Å². The number of fused-ring (bicyclic) bond motifs is 5. The van der Waals surface area contributed by atoms with Gasteiger partial charge in [0.05, 0.1) is 5.60 Å². The zero-order valence-corrected chi connectivity index (χ0v) is 23.9. The average Bonchev–Trinajstić information content (AvgIpc) is 3.20. The van der Waals surface area contributed by atoms with Crippen molar-refractivity contribution in [1.82, 2.24) is 0 Å². The van der Waals surface area contributed by atoms with Gasteiger partial charge in [0.25, 0.3) is 0 Å². The van der Waals surface area contributed by atoms with E-state index in [1.807, 2.05) is 0 Å². The lowest BCUT2D eigenvalue weighted by Gasteiger charge is -2.62. The molecule has 5 saturated carbocycles. The SMILES string of the molecule is CC[C@H]1CC[C@](O)(CC[C@@H](C)[C@H]2CC[C@H]3[C@@H]4CC[C@H]5C[C@](O)(C(F)(F)F)CC[C@]5(C)[C@H]4CC[C@]23C)CC1. The molecule has 5 heteroatoms. The first-order chi connectivity index (χ1) is 17.2. The highest BCUT2D eigenvalue weighted by atomic mass is 19.4. The highest BCUT2D eigenvalue weighted by Crippen LogP contribution is 2.69. The summed E-state index contributed by atoms with van der Waals surface area (Å²) in [6.45, 7) is 9.52. The Labute approximate surface area is 223 Å². The summed E-state index contributed by atoms with van der Waals surface area (Å²) in [5, 5.41) is 21.8. The van der Waals surface area contributed by atoms with Crippen LogP contribution in [0.3, 0.4) is 0 Å². The molecule has 2 N–H and O–H groups in total. The third kappa shape index (κ3) is 4.72. The summed E-state index contributed by atoms with van der Waals surface area (Å²) in [6, 6.07) is 0. The van der Waals surface area contributed by atoms with Crippen LogP contribution < -0.4 is 0 Å². The van der Waals surface area contributed by atoms with Gasteiger partial charge in [-0.05, 0) is 149 Å². The molecule has 37 heavy (non-hydrogen) atoms. The predicted molar refractivity (Wildman–Crippen MR) is 142 cm³/mol. The quantitative estimate of drug-likeness (QED) is 0.376. The second kappa shape index (κ2) is 9.67. The van der Waals surface area contributed by atoms with Gasteiger partial charge in [0, 0.05) is 0 Å². The minimum Gasteiger partial charge on any atom is -0.390 e. The minimum atomic E-state index is -4.52. The first-order valence-electron chi connectivity index (χ1n) is 15.8. The molecule has 0 saturated heterocycles. The second-order valence-corrected chi connectivity index (χ2v) is 15.2. The number of alkyl halides is 3. The fraction of sp³-hybridized carbons (Fsp3) is 1.00. The van der Waals surface area contributed by atoms with E-state index in [4.69, 9.17) is 0 Å². The molecule has 5 aliphatic carbocycles. The lowest BCUT2D eigenvalue weighted by atomic mass is 9.43. The van der Waals surface area contributed by atoms with Crippen molar-refractivity contribution in [2.24, 2.45) is 52.3 Å². The fourth-order valence-electron chi connectivity index (χ4n) is 11.0. The second-order valence-electron chi connectivity index (χ2n) is 15.2. The van der Waals surface area contributed by atoms with Crippen LogP contribution in [0.25, 0.3) is 0 Å². The highest BCUT2D eigenvalue weighted by molar-refractivity contribution is 5.11. The van der Waals surface area contributed by atoms with Crippen molar-refractivity contribution in [2.75, 3.05) is 0 Å². The van der Waals surface area contributed by atoms with E-state index in [1.54, 1.807) is 0 Å². The third-order valence-corrected chi connectivity index (χ3v) is 13.7. The van der Waals surface area contributed by atoms with Gasteiger partial charge >= 0.3 is 6.18 Å². The molecule has 9 atom stereocenters. The molecule has 0 aromatic heterocycles. The summed E-state index contributed by atoms with van der Waals surface area (Å²) >= 11 is 0. The van der Waals surface area contributed by atoms with Crippen molar-refractivity contribution in [3.05, 3.63) is 0 Å². The molecule has 0 unspecified atom stereocenters. The Kier molecular flexibility index (Phi) is 7.38. The van der Waals surface area contributed by atoms with Gasteiger partial charge in [-0.25, -0.2) is 0 Å². The maximum Gasteiger partial charge on any atom is 0.417 e. The number of hydrogen-bond donors (Lipinski definition) is 2. The molecule has 0 amide bonds. The molecule has 214 valence electrons.